The lowest BCUT2D eigenvalue weighted by Crippen LogP contribution is -2.09. The molecule has 1 aliphatic carbocycles. The van der Waals surface area contributed by atoms with Gasteiger partial charge in [-0.25, -0.2) is 4.39 Å². The minimum absolute atomic E-state index is 0.0260. The van der Waals surface area contributed by atoms with Crippen molar-refractivity contribution in [3.05, 3.63) is 40.2 Å². The average Bonchev–Trinajstić information content (AvgIpc) is 3.18. The summed E-state index contributed by atoms with van der Waals surface area (Å²) < 4.78 is 18.2. The molecule has 21 heavy (non-hydrogen) atoms. The SMILES string of the molecule is O=c1[nH]c2cc(F)ccc2c(O)c1-c1nc(C2CC2)no1. The van der Waals surface area contributed by atoms with Gasteiger partial charge in [0.15, 0.2) is 5.82 Å². The number of H-pyrrole nitrogens is 1. The van der Waals surface area contributed by atoms with Gasteiger partial charge in [0, 0.05) is 11.3 Å². The maximum absolute atomic E-state index is 13.2. The Morgan fingerprint density at radius 2 is 2.19 bits per heavy atom. The van der Waals surface area contributed by atoms with Crippen molar-refractivity contribution < 1.29 is 14.0 Å². The van der Waals surface area contributed by atoms with E-state index < -0.39 is 11.4 Å². The molecule has 1 fully saturated rings. The molecule has 0 amide bonds. The number of hydrogen-bond acceptors (Lipinski definition) is 5. The van der Waals surface area contributed by atoms with E-state index >= 15 is 0 Å². The van der Waals surface area contributed by atoms with Gasteiger partial charge < -0.3 is 14.6 Å². The third kappa shape index (κ3) is 1.89. The smallest absolute Gasteiger partial charge is 0.267 e. The van der Waals surface area contributed by atoms with Gasteiger partial charge in [-0.05, 0) is 31.0 Å². The van der Waals surface area contributed by atoms with Crippen LogP contribution in [0.15, 0.2) is 27.5 Å². The predicted octanol–water partition coefficient (Wildman–Crippen LogP) is 2.30. The van der Waals surface area contributed by atoms with Crippen molar-refractivity contribution in [2.45, 2.75) is 18.8 Å². The Hall–Kier alpha value is -2.70. The normalized spacial score (nSPS) is 14.7. The highest BCUT2D eigenvalue weighted by atomic mass is 19.1. The molecular weight excluding hydrogens is 277 g/mol. The second-order valence-corrected chi connectivity index (χ2v) is 5.10. The van der Waals surface area contributed by atoms with Crippen LogP contribution in [-0.4, -0.2) is 20.2 Å². The molecule has 0 bridgehead atoms. The number of nitrogens with zero attached hydrogens (tertiary/aromatic N) is 2. The molecule has 3 aromatic rings. The molecule has 6 nitrogen and oxygen atoms in total. The summed E-state index contributed by atoms with van der Waals surface area (Å²) in [5, 5.41) is 14.4. The Bertz CT molecular complexity index is 911. The number of aromatic nitrogens is 3. The molecule has 0 saturated heterocycles. The van der Waals surface area contributed by atoms with Crippen LogP contribution in [0.3, 0.4) is 0 Å². The number of hydrogen-bond donors (Lipinski definition) is 2. The molecule has 0 aliphatic heterocycles. The molecule has 2 heterocycles. The Labute approximate surface area is 117 Å². The van der Waals surface area contributed by atoms with E-state index in [0.717, 1.165) is 18.9 Å². The molecule has 0 radical (unpaired) electrons. The third-order valence-corrected chi connectivity index (χ3v) is 3.55. The molecular formula is C14H10FN3O3. The largest absolute Gasteiger partial charge is 0.506 e. The van der Waals surface area contributed by atoms with E-state index in [0.29, 0.717) is 11.2 Å². The lowest BCUT2D eigenvalue weighted by atomic mass is 10.1. The van der Waals surface area contributed by atoms with Crippen molar-refractivity contribution in [1.29, 1.82) is 0 Å². The Balaban J connectivity index is 1.94. The standard InChI is InChI=1S/C14H10FN3O3/c15-7-3-4-8-9(5-7)16-13(20)10(11(8)19)14-17-12(18-21-14)6-1-2-6/h3-6H,1-2H2,(H2,16,19,20). The van der Waals surface area contributed by atoms with Gasteiger partial charge in [0.1, 0.15) is 17.1 Å². The fraction of sp³-hybridized carbons (Fsp3) is 0.214. The van der Waals surface area contributed by atoms with Gasteiger partial charge in [0.25, 0.3) is 11.4 Å². The van der Waals surface area contributed by atoms with Crippen molar-refractivity contribution in [3.8, 4) is 17.2 Å². The first kappa shape index (κ1) is 12.1. The Morgan fingerprint density at radius 1 is 1.38 bits per heavy atom. The van der Waals surface area contributed by atoms with Crippen molar-refractivity contribution in [3.63, 3.8) is 0 Å². The quantitative estimate of drug-likeness (QED) is 0.754. The number of rotatable bonds is 2. The molecule has 106 valence electrons. The maximum atomic E-state index is 13.2. The second-order valence-electron chi connectivity index (χ2n) is 5.10. The van der Waals surface area contributed by atoms with Gasteiger partial charge in [0.2, 0.25) is 0 Å². The van der Waals surface area contributed by atoms with Gasteiger partial charge in [-0.1, -0.05) is 5.16 Å². The first-order valence-corrected chi connectivity index (χ1v) is 6.52. The summed E-state index contributed by atoms with van der Waals surface area (Å²) in [7, 11) is 0. The molecule has 1 aromatic carbocycles. The van der Waals surface area contributed by atoms with Crippen LogP contribution in [0.5, 0.6) is 5.75 Å². The number of aromatic amines is 1. The number of fused-ring (bicyclic) bond motifs is 1. The molecule has 4 rings (SSSR count). The van der Waals surface area contributed by atoms with Gasteiger partial charge in [0.05, 0.1) is 5.52 Å². The van der Waals surface area contributed by atoms with Crippen LogP contribution in [0.2, 0.25) is 0 Å². The van der Waals surface area contributed by atoms with E-state index in [2.05, 4.69) is 15.1 Å². The zero-order valence-electron chi connectivity index (χ0n) is 10.8. The number of benzene rings is 1. The average molecular weight is 287 g/mol. The van der Waals surface area contributed by atoms with Gasteiger partial charge >= 0.3 is 0 Å². The lowest BCUT2D eigenvalue weighted by molar-refractivity contribution is 0.417. The predicted molar refractivity (Wildman–Crippen MR) is 71.5 cm³/mol. The minimum atomic E-state index is -0.600. The fourth-order valence-electron chi connectivity index (χ4n) is 2.30. The summed E-state index contributed by atoms with van der Waals surface area (Å²) in [6.45, 7) is 0. The molecule has 1 aliphatic rings. The highest BCUT2D eigenvalue weighted by Crippen LogP contribution is 2.39. The van der Waals surface area contributed by atoms with Crippen LogP contribution in [0, 0.1) is 5.82 Å². The summed E-state index contributed by atoms with van der Waals surface area (Å²) in [6, 6.07) is 3.73. The highest BCUT2D eigenvalue weighted by Gasteiger charge is 2.30. The number of halogens is 1. The van der Waals surface area contributed by atoms with Crippen molar-refractivity contribution in [2.75, 3.05) is 0 Å². The van der Waals surface area contributed by atoms with Crippen LogP contribution >= 0.6 is 0 Å². The van der Waals surface area contributed by atoms with E-state index in [9.17, 15) is 14.3 Å². The first-order chi connectivity index (χ1) is 10.1. The van der Waals surface area contributed by atoms with E-state index in [1.54, 1.807) is 0 Å². The molecule has 0 spiro atoms. The first-order valence-electron chi connectivity index (χ1n) is 6.52. The molecule has 0 unspecified atom stereocenters. The fourth-order valence-corrected chi connectivity index (χ4v) is 2.30. The van der Waals surface area contributed by atoms with Crippen LogP contribution in [0.1, 0.15) is 24.6 Å². The van der Waals surface area contributed by atoms with Gasteiger partial charge in [-0.2, -0.15) is 4.98 Å². The van der Waals surface area contributed by atoms with Crippen molar-refractivity contribution >= 4 is 10.9 Å². The summed E-state index contributed by atoms with van der Waals surface area (Å²) in [6.07, 6.45) is 2.00. The maximum Gasteiger partial charge on any atom is 0.267 e. The zero-order valence-corrected chi connectivity index (χ0v) is 10.8. The molecule has 2 N–H and O–H groups in total. The Kier molecular flexibility index (Phi) is 2.38. The summed E-state index contributed by atoms with van der Waals surface area (Å²) in [5.41, 5.74) is -0.478. The van der Waals surface area contributed by atoms with Crippen LogP contribution in [0.25, 0.3) is 22.4 Å². The number of pyridine rings is 1. The minimum Gasteiger partial charge on any atom is -0.506 e. The van der Waals surface area contributed by atoms with Crippen molar-refractivity contribution in [2.24, 2.45) is 0 Å². The molecule has 2 aromatic heterocycles. The van der Waals surface area contributed by atoms with Crippen LogP contribution in [-0.2, 0) is 0 Å². The van der Waals surface area contributed by atoms with Crippen LogP contribution < -0.4 is 5.56 Å². The van der Waals surface area contributed by atoms with Gasteiger partial charge in [-0.15, -0.1) is 0 Å². The highest BCUT2D eigenvalue weighted by molar-refractivity contribution is 5.90. The molecule has 0 atom stereocenters. The monoisotopic (exact) mass is 287 g/mol. The van der Waals surface area contributed by atoms with Crippen molar-refractivity contribution in [1.82, 2.24) is 15.1 Å². The van der Waals surface area contributed by atoms with Crippen LogP contribution in [0.4, 0.5) is 4.39 Å². The topological polar surface area (TPSA) is 92.0 Å². The second kappa shape index (κ2) is 4.15. The van der Waals surface area contributed by atoms with Gasteiger partial charge in [-0.3, -0.25) is 4.79 Å². The van der Waals surface area contributed by atoms with E-state index in [-0.39, 0.29) is 28.6 Å². The third-order valence-electron chi connectivity index (χ3n) is 3.55. The van der Waals surface area contributed by atoms with E-state index in [1.165, 1.54) is 12.1 Å². The number of nitrogens with one attached hydrogen (secondary N) is 1. The van der Waals surface area contributed by atoms with E-state index in [4.69, 9.17) is 4.52 Å². The summed E-state index contributed by atoms with van der Waals surface area (Å²) >= 11 is 0. The molecule has 1 saturated carbocycles. The lowest BCUT2D eigenvalue weighted by Gasteiger charge is -2.04. The Morgan fingerprint density at radius 3 is 2.95 bits per heavy atom. The summed E-state index contributed by atoms with van der Waals surface area (Å²) in [5.74, 6) is 0.00186. The zero-order chi connectivity index (χ0) is 14.6. The summed E-state index contributed by atoms with van der Waals surface area (Å²) in [4.78, 5) is 18.8. The number of aromatic hydroxyl groups is 1. The van der Waals surface area contributed by atoms with E-state index in [1.807, 2.05) is 0 Å². The molecule has 7 heteroatoms.